The molecule has 0 radical (unpaired) electrons. The van der Waals surface area contributed by atoms with Crippen LogP contribution in [0.15, 0.2) is 5.16 Å². The average molecular weight is 389 g/mol. The summed E-state index contributed by atoms with van der Waals surface area (Å²) in [6.45, 7) is 8.64. The minimum atomic E-state index is -0.692. The van der Waals surface area contributed by atoms with Gasteiger partial charge in [0.1, 0.15) is 5.78 Å². The van der Waals surface area contributed by atoms with E-state index in [1.54, 1.807) is 0 Å². The Labute approximate surface area is 168 Å². The summed E-state index contributed by atoms with van der Waals surface area (Å²) in [7, 11) is 0. The van der Waals surface area contributed by atoms with Crippen molar-refractivity contribution in [3.8, 4) is 0 Å². The fraction of sp³-hybridized carbons (Fsp3) is 0.913. The van der Waals surface area contributed by atoms with Gasteiger partial charge in [-0.15, -0.1) is 0 Å². The van der Waals surface area contributed by atoms with E-state index in [4.69, 9.17) is 4.84 Å². The molecule has 0 amide bonds. The number of carbonyl (C=O) groups excluding carboxylic acids is 1. The summed E-state index contributed by atoms with van der Waals surface area (Å²) < 4.78 is 0. The number of rotatable bonds is 2. The quantitative estimate of drug-likeness (QED) is 0.712. The Morgan fingerprint density at radius 2 is 1.93 bits per heavy atom. The van der Waals surface area contributed by atoms with Gasteiger partial charge in [-0.1, -0.05) is 25.9 Å². The molecule has 4 aliphatic carbocycles. The van der Waals surface area contributed by atoms with E-state index in [2.05, 4.69) is 31.2 Å². The third kappa shape index (κ3) is 2.51. The highest BCUT2D eigenvalue weighted by molar-refractivity contribution is 5.87. The number of carbonyl (C=O) groups is 1. The summed E-state index contributed by atoms with van der Waals surface area (Å²) in [5.74, 6) is 2.55. The van der Waals surface area contributed by atoms with Gasteiger partial charge in [0.2, 0.25) is 0 Å². The van der Waals surface area contributed by atoms with Crippen molar-refractivity contribution >= 4 is 11.5 Å². The highest BCUT2D eigenvalue weighted by Crippen LogP contribution is 2.67. The molecule has 28 heavy (non-hydrogen) atoms. The van der Waals surface area contributed by atoms with Crippen LogP contribution >= 0.6 is 0 Å². The van der Waals surface area contributed by atoms with E-state index in [1.807, 2.05) is 0 Å². The lowest BCUT2D eigenvalue weighted by Gasteiger charge is -2.64. The molecule has 1 heterocycles. The molecular weight excluding hydrogens is 352 g/mol. The highest BCUT2D eigenvalue weighted by atomic mass is 16.6. The Kier molecular flexibility index (Phi) is 4.27. The fourth-order valence-electron chi connectivity index (χ4n) is 7.84. The molecule has 1 aliphatic heterocycles. The van der Waals surface area contributed by atoms with Gasteiger partial charge < -0.3 is 15.3 Å². The second-order valence-electron chi connectivity index (χ2n) is 11.1. The van der Waals surface area contributed by atoms with Gasteiger partial charge >= 0.3 is 0 Å². The summed E-state index contributed by atoms with van der Waals surface area (Å²) in [6.07, 6.45) is 7.51. The number of Topliss-reactive ketones (excluding diaryl/α,β-unsaturated/α-hetero) is 1. The standard InChI is InChI=1S/C23H36N2O3/c1-14-10-23(27)11-15(25-28-16-12-24-13-16)6-9-22(23,3)18-7-8-21(2)17(20(14)18)4-5-19(21)26/h14,16-18,20,24,27H,4-13H2,1-3H3/b25-15-/t14-,17+,18+,20+,21+,22-,23-/m1/s1. The molecule has 5 aliphatic rings. The maximum Gasteiger partial charge on any atom is 0.152 e. The zero-order chi connectivity index (χ0) is 19.7. The van der Waals surface area contributed by atoms with Crippen molar-refractivity contribution in [2.24, 2.45) is 39.7 Å². The van der Waals surface area contributed by atoms with Crippen LogP contribution in [0.5, 0.6) is 0 Å². The molecule has 5 fully saturated rings. The van der Waals surface area contributed by atoms with Crippen LogP contribution in [0.3, 0.4) is 0 Å². The van der Waals surface area contributed by atoms with Gasteiger partial charge in [0.15, 0.2) is 6.10 Å². The highest BCUT2D eigenvalue weighted by Gasteiger charge is 2.66. The van der Waals surface area contributed by atoms with Crippen LogP contribution in [-0.2, 0) is 9.63 Å². The number of ketones is 1. The van der Waals surface area contributed by atoms with Crippen molar-refractivity contribution in [3.05, 3.63) is 0 Å². The molecule has 156 valence electrons. The molecule has 0 aromatic heterocycles. The molecule has 0 aromatic carbocycles. The van der Waals surface area contributed by atoms with Crippen molar-refractivity contribution in [1.82, 2.24) is 5.32 Å². The average Bonchev–Trinajstić information content (AvgIpc) is 2.90. The molecule has 7 atom stereocenters. The van der Waals surface area contributed by atoms with Gasteiger partial charge in [0.05, 0.1) is 11.3 Å². The smallest absolute Gasteiger partial charge is 0.152 e. The minimum Gasteiger partial charge on any atom is -0.390 e. The second kappa shape index (κ2) is 6.28. The Morgan fingerprint density at radius 1 is 1.14 bits per heavy atom. The van der Waals surface area contributed by atoms with Gasteiger partial charge in [-0.05, 0) is 62.2 Å². The molecule has 5 rings (SSSR count). The molecule has 1 saturated heterocycles. The lowest BCUT2D eigenvalue weighted by atomic mass is 9.41. The summed E-state index contributed by atoms with van der Waals surface area (Å²) in [5.41, 5.74) is 0.165. The zero-order valence-corrected chi connectivity index (χ0v) is 17.7. The van der Waals surface area contributed by atoms with Gasteiger partial charge in [0, 0.05) is 36.8 Å². The molecule has 0 unspecified atom stereocenters. The monoisotopic (exact) mass is 388 g/mol. The zero-order valence-electron chi connectivity index (χ0n) is 17.7. The number of nitrogens with one attached hydrogen (secondary N) is 1. The second-order valence-corrected chi connectivity index (χ2v) is 11.1. The van der Waals surface area contributed by atoms with E-state index in [1.165, 1.54) is 0 Å². The molecule has 5 nitrogen and oxygen atoms in total. The first-order valence-corrected chi connectivity index (χ1v) is 11.4. The van der Waals surface area contributed by atoms with Gasteiger partial charge in [-0.2, -0.15) is 0 Å². The summed E-state index contributed by atoms with van der Waals surface area (Å²) in [5, 5.41) is 19.6. The first-order chi connectivity index (χ1) is 13.3. The van der Waals surface area contributed by atoms with Crippen molar-refractivity contribution in [2.75, 3.05) is 13.1 Å². The maximum atomic E-state index is 12.7. The Morgan fingerprint density at radius 3 is 2.64 bits per heavy atom. The molecular formula is C23H36N2O3. The summed E-state index contributed by atoms with van der Waals surface area (Å²) in [6, 6.07) is 0. The van der Waals surface area contributed by atoms with Crippen LogP contribution in [0.4, 0.5) is 0 Å². The Hall–Kier alpha value is -0.940. The number of oxime groups is 1. The molecule has 2 N–H and O–H groups in total. The molecule has 0 aromatic rings. The van der Waals surface area contributed by atoms with Crippen molar-refractivity contribution in [2.45, 2.75) is 83.8 Å². The van der Waals surface area contributed by atoms with Crippen molar-refractivity contribution < 1.29 is 14.7 Å². The number of fused-ring (bicyclic) bond motifs is 5. The van der Waals surface area contributed by atoms with Crippen LogP contribution in [0.25, 0.3) is 0 Å². The summed E-state index contributed by atoms with van der Waals surface area (Å²) in [4.78, 5) is 18.3. The number of hydrogen-bond acceptors (Lipinski definition) is 5. The molecule has 0 spiro atoms. The Balaban J connectivity index is 1.41. The largest absolute Gasteiger partial charge is 0.390 e. The SMILES string of the molecule is C[C@@H]1C[C@@]2(O)C/C(=N\OC3CNC3)CC[C@]2(C)[C@H]2CC[C@]3(C)C(=O)CC[C@H]3[C@H]12. The molecule has 4 saturated carbocycles. The Bertz CT molecular complexity index is 704. The topological polar surface area (TPSA) is 70.9 Å². The summed E-state index contributed by atoms with van der Waals surface area (Å²) >= 11 is 0. The fourth-order valence-corrected chi connectivity index (χ4v) is 7.84. The van der Waals surface area contributed by atoms with Crippen molar-refractivity contribution in [1.29, 1.82) is 0 Å². The number of aliphatic hydroxyl groups is 1. The van der Waals surface area contributed by atoms with Gasteiger partial charge in [-0.25, -0.2) is 0 Å². The van der Waals surface area contributed by atoms with E-state index < -0.39 is 5.60 Å². The van der Waals surface area contributed by atoms with Crippen LogP contribution in [0, 0.1) is 34.5 Å². The van der Waals surface area contributed by atoms with E-state index >= 15 is 0 Å². The van der Waals surface area contributed by atoms with Gasteiger partial charge in [0.25, 0.3) is 0 Å². The van der Waals surface area contributed by atoms with Crippen LogP contribution in [0.1, 0.15) is 72.1 Å². The van der Waals surface area contributed by atoms with Crippen LogP contribution < -0.4 is 5.32 Å². The van der Waals surface area contributed by atoms with Gasteiger partial charge in [-0.3, -0.25) is 4.79 Å². The lowest BCUT2D eigenvalue weighted by Crippen LogP contribution is -2.64. The predicted octanol–water partition coefficient (Wildman–Crippen LogP) is 3.30. The molecule has 0 bridgehead atoms. The maximum absolute atomic E-state index is 12.7. The predicted molar refractivity (Wildman–Crippen MR) is 108 cm³/mol. The normalized spacial score (nSPS) is 52.6. The lowest BCUT2D eigenvalue weighted by molar-refractivity contribution is -0.206. The first-order valence-electron chi connectivity index (χ1n) is 11.4. The van der Waals surface area contributed by atoms with E-state index in [9.17, 15) is 9.90 Å². The third-order valence-corrected chi connectivity index (χ3v) is 9.74. The number of hydrogen-bond donors (Lipinski definition) is 2. The minimum absolute atomic E-state index is 0.0752. The third-order valence-electron chi connectivity index (χ3n) is 9.74. The van der Waals surface area contributed by atoms with Crippen LogP contribution in [0.2, 0.25) is 0 Å². The van der Waals surface area contributed by atoms with E-state index in [0.29, 0.717) is 35.9 Å². The van der Waals surface area contributed by atoms with Crippen molar-refractivity contribution in [3.63, 3.8) is 0 Å². The van der Waals surface area contributed by atoms with Crippen LogP contribution in [-0.4, -0.2) is 41.4 Å². The van der Waals surface area contributed by atoms with E-state index in [0.717, 1.165) is 63.7 Å². The molecule has 5 heteroatoms. The first kappa shape index (κ1) is 19.0. The van der Waals surface area contributed by atoms with E-state index in [-0.39, 0.29) is 16.9 Å². The number of nitrogens with zero attached hydrogens (tertiary/aromatic N) is 1.